The van der Waals surface area contributed by atoms with Gasteiger partial charge in [0, 0.05) is 54.5 Å². The lowest BCUT2D eigenvalue weighted by atomic mass is 9.93. The van der Waals surface area contributed by atoms with E-state index in [-0.39, 0.29) is 36.1 Å². The van der Waals surface area contributed by atoms with Gasteiger partial charge in [-0.3, -0.25) is 4.98 Å². The van der Waals surface area contributed by atoms with Crippen LogP contribution in [0.2, 0.25) is 0 Å². The van der Waals surface area contributed by atoms with Crippen molar-refractivity contribution in [1.29, 1.82) is 0 Å². The molecule has 10 heteroatoms. The Morgan fingerprint density at radius 2 is 2.00 bits per heavy atom. The number of allylic oxidation sites excluding steroid dienone is 7. The lowest BCUT2D eigenvalue weighted by Gasteiger charge is -2.32. The Bertz CT molecular complexity index is 1460. The van der Waals surface area contributed by atoms with Crippen LogP contribution in [0.3, 0.4) is 0 Å². The first kappa shape index (κ1) is 27.2. The highest BCUT2D eigenvalue weighted by molar-refractivity contribution is 5.77. The number of benzene rings is 1. The highest BCUT2D eigenvalue weighted by Gasteiger charge is 2.34. The van der Waals surface area contributed by atoms with E-state index < -0.39 is 23.4 Å². The van der Waals surface area contributed by atoms with E-state index in [1.807, 2.05) is 30.6 Å². The Morgan fingerprint density at radius 1 is 1.18 bits per heavy atom. The topological polar surface area (TPSA) is 40.6 Å². The summed E-state index contributed by atoms with van der Waals surface area (Å²) in [5.41, 5.74) is 2.48. The van der Waals surface area contributed by atoms with Crippen molar-refractivity contribution in [3.05, 3.63) is 125 Å². The van der Waals surface area contributed by atoms with Crippen LogP contribution in [0.5, 0.6) is 0 Å². The van der Waals surface area contributed by atoms with E-state index in [9.17, 15) is 13.2 Å². The third-order valence-electron chi connectivity index (χ3n) is 6.90. The molecule has 1 atom stereocenters. The quantitative estimate of drug-likeness (QED) is 0.253. The van der Waals surface area contributed by atoms with Gasteiger partial charge in [-0.25, -0.2) is 13.8 Å². The van der Waals surface area contributed by atoms with E-state index in [0.29, 0.717) is 19.0 Å². The van der Waals surface area contributed by atoms with Crippen molar-refractivity contribution in [2.24, 2.45) is 0 Å². The smallest absolute Gasteiger partial charge is 0.384 e. The molecule has 1 aromatic carbocycles. The molecule has 40 heavy (non-hydrogen) atoms. The molecule has 0 saturated carbocycles. The molecule has 3 aliphatic heterocycles. The van der Waals surface area contributed by atoms with Gasteiger partial charge < -0.3 is 15.1 Å². The number of alkyl halides is 3. The first-order chi connectivity index (χ1) is 19.2. The molecule has 208 valence electrons. The van der Waals surface area contributed by atoms with Crippen LogP contribution < -0.4 is 10.4 Å². The maximum atomic E-state index is 15.9. The molecule has 0 aliphatic carbocycles. The van der Waals surface area contributed by atoms with Crippen molar-refractivity contribution >= 4 is 11.3 Å². The van der Waals surface area contributed by atoms with E-state index >= 15 is 8.78 Å². The minimum Gasteiger partial charge on any atom is -0.384 e. The Morgan fingerprint density at radius 3 is 2.73 bits per heavy atom. The molecule has 3 aliphatic rings. The zero-order valence-corrected chi connectivity index (χ0v) is 21.7. The maximum Gasteiger partial charge on any atom is 0.416 e. The average Bonchev–Trinajstić information content (AvgIpc) is 3.26. The summed E-state index contributed by atoms with van der Waals surface area (Å²) in [6.45, 7) is 5.42. The van der Waals surface area contributed by atoms with E-state index in [0.717, 1.165) is 34.4 Å². The molecule has 4 heterocycles. The third kappa shape index (κ3) is 5.52. The minimum atomic E-state index is -4.57. The molecule has 0 saturated heterocycles. The number of rotatable bonds is 5. The van der Waals surface area contributed by atoms with Crippen molar-refractivity contribution < 1.29 is 26.8 Å². The predicted molar refractivity (Wildman–Crippen MR) is 143 cm³/mol. The Kier molecular flexibility index (Phi) is 7.51. The Labute approximate surface area is 228 Å². The first-order valence-electron chi connectivity index (χ1n) is 12.7. The second-order valence-electron chi connectivity index (χ2n) is 9.59. The summed E-state index contributed by atoms with van der Waals surface area (Å²) in [6.07, 6.45) is 7.73. The molecule has 2 aromatic rings. The molecule has 0 amide bonds. The highest BCUT2D eigenvalue weighted by atomic mass is 19.4. The van der Waals surface area contributed by atoms with Crippen molar-refractivity contribution in [2.45, 2.75) is 32.1 Å². The van der Waals surface area contributed by atoms with Crippen LogP contribution in [0, 0.1) is 11.6 Å². The fourth-order valence-electron chi connectivity index (χ4n) is 4.91. The van der Waals surface area contributed by atoms with Crippen LogP contribution in [-0.4, -0.2) is 35.3 Å². The van der Waals surface area contributed by atoms with Gasteiger partial charge in [-0.15, -0.1) is 0 Å². The van der Waals surface area contributed by atoms with Gasteiger partial charge in [0.1, 0.15) is 23.4 Å². The highest BCUT2D eigenvalue weighted by Crippen LogP contribution is 2.37. The molecule has 4 bridgehead atoms. The normalized spacial score (nSPS) is 19.6. The van der Waals surface area contributed by atoms with Crippen LogP contribution in [-0.2, 0) is 11.3 Å². The van der Waals surface area contributed by atoms with Crippen LogP contribution in [0.25, 0.3) is 5.57 Å². The average molecular weight is 555 g/mol. The number of hydroxylamine groups is 1. The number of fused-ring (bicyclic) bond motifs is 6. The van der Waals surface area contributed by atoms with Crippen LogP contribution in [0.1, 0.15) is 24.5 Å². The zero-order valence-electron chi connectivity index (χ0n) is 21.7. The number of dihydropyridines is 1. The van der Waals surface area contributed by atoms with Crippen molar-refractivity contribution in [1.82, 2.24) is 15.2 Å². The van der Waals surface area contributed by atoms with E-state index in [2.05, 4.69) is 21.8 Å². The minimum absolute atomic E-state index is 0.00418. The number of aromatic nitrogens is 1. The monoisotopic (exact) mass is 554 g/mol. The molecule has 5 nitrogen and oxygen atoms in total. The summed E-state index contributed by atoms with van der Waals surface area (Å²) in [7, 11) is 0. The summed E-state index contributed by atoms with van der Waals surface area (Å²) in [5, 5.41) is 4.66. The van der Waals surface area contributed by atoms with E-state index in [1.54, 1.807) is 12.4 Å². The van der Waals surface area contributed by atoms with E-state index in [4.69, 9.17) is 4.84 Å². The van der Waals surface area contributed by atoms with Gasteiger partial charge in [0.05, 0.1) is 12.1 Å². The Hall–Kier alpha value is -4.34. The summed E-state index contributed by atoms with van der Waals surface area (Å²) in [6, 6.07) is 6.24. The van der Waals surface area contributed by atoms with Gasteiger partial charge in [-0.2, -0.15) is 13.2 Å². The van der Waals surface area contributed by atoms with Crippen LogP contribution in [0.4, 0.5) is 27.6 Å². The largest absolute Gasteiger partial charge is 0.416 e. The third-order valence-corrected chi connectivity index (χ3v) is 6.90. The molecule has 0 radical (unpaired) electrons. The summed E-state index contributed by atoms with van der Waals surface area (Å²) >= 11 is 0. The number of halogens is 5. The van der Waals surface area contributed by atoms with Gasteiger partial charge in [0.2, 0.25) is 0 Å². The van der Waals surface area contributed by atoms with Gasteiger partial charge in [-0.05, 0) is 60.9 Å². The van der Waals surface area contributed by atoms with Crippen LogP contribution in [0.15, 0.2) is 102 Å². The van der Waals surface area contributed by atoms with Gasteiger partial charge >= 0.3 is 6.18 Å². The molecule has 0 fully saturated rings. The molecule has 5 rings (SSSR count). The fraction of sp³-hybridized carbons (Fsp3) is 0.233. The molecular weight excluding hydrogens is 527 g/mol. The second-order valence-corrected chi connectivity index (χ2v) is 9.59. The summed E-state index contributed by atoms with van der Waals surface area (Å²) in [4.78, 5) is 12.0. The first-order valence-corrected chi connectivity index (χ1v) is 12.7. The lowest BCUT2D eigenvalue weighted by molar-refractivity contribution is -0.0881. The van der Waals surface area contributed by atoms with Crippen molar-refractivity contribution in [2.75, 3.05) is 18.2 Å². The van der Waals surface area contributed by atoms with Gasteiger partial charge in [0.25, 0.3) is 0 Å². The summed E-state index contributed by atoms with van der Waals surface area (Å²) in [5.74, 6) is -1.38. The Balaban J connectivity index is 1.46. The molecule has 1 N–H and O–H groups in total. The maximum absolute atomic E-state index is 15.9. The molecule has 1 unspecified atom stereocenters. The number of pyridine rings is 1. The lowest BCUT2D eigenvalue weighted by Crippen LogP contribution is -2.41. The van der Waals surface area contributed by atoms with E-state index in [1.165, 1.54) is 24.1 Å². The predicted octanol–water partition coefficient (Wildman–Crippen LogP) is 6.72. The van der Waals surface area contributed by atoms with Crippen molar-refractivity contribution in [3.63, 3.8) is 0 Å². The zero-order chi connectivity index (χ0) is 28.4. The summed E-state index contributed by atoms with van der Waals surface area (Å²) < 4.78 is 70.0. The molecule has 0 spiro atoms. The number of nitrogens with one attached hydrogen (secondary N) is 1. The molecular formula is C30H27F5N4O. The van der Waals surface area contributed by atoms with Gasteiger partial charge in [-0.1, -0.05) is 18.7 Å². The van der Waals surface area contributed by atoms with Gasteiger partial charge in [0.15, 0.2) is 5.82 Å². The molecule has 1 aromatic heterocycles. The van der Waals surface area contributed by atoms with Crippen LogP contribution >= 0.6 is 0 Å². The standard InChI is InChI=1S/C30H27F5N4O/c1-3-23(30(33,34)35)8-7-19(2)40-39-13-5-12-38-18-22(15-25-26(31)9-10-27(39)28(25)32)24-14-21(17-37-29(24)38)20-6-4-11-36-16-20/h3-4,6-11,14,16-18,29,37H,1,5,12-13,15H2,2H3/b19-7+,23-8+. The fourth-order valence-corrected chi connectivity index (χ4v) is 4.91. The number of hydrogen-bond acceptors (Lipinski definition) is 5. The van der Waals surface area contributed by atoms with Crippen molar-refractivity contribution in [3.8, 4) is 0 Å². The second kappa shape index (κ2) is 11.0. The SMILES string of the molecule is C=C/C(=C\C=C(/C)ON1CCCN2C=C(Cc3c(F)ccc1c3F)C1=CC(c3cccnc3)=CNC12)C(F)(F)F. The number of hydrogen-bond donors (Lipinski definition) is 1. The number of anilines is 1. The number of nitrogens with zero attached hydrogens (tertiary/aromatic N) is 3.